The minimum atomic E-state index is -0.668. The Labute approximate surface area is 107 Å². The number of ether oxygens (including phenoxy) is 3. The van der Waals surface area contributed by atoms with Crippen LogP contribution in [0, 0.1) is 5.92 Å². The van der Waals surface area contributed by atoms with E-state index in [0.717, 1.165) is 0 Å². The van der Waals surface area contributed by atoms with Crippen molar-refractivity contribution in [2.75, 3.05) is 20.8 Å². The summed E-state index contributed by atoms with van der Waals surface area (Å²) in [7, 11) is 2.70. The van der Waals surface area contributed by atoms with E-state index in [-0.39, 0.29) is 12.5 Å². The number of aliphatic hydroxyl groups excluding tert-OH is 1. The zero-order valence-electron chi connectivity index (χ0n) is 11.1. The SMILES string of the molecule is COC(=O)/C=C/[C@@H](OC(C)=O)[C@H](C)[C@H](CO)OC. The van der Waals surface area contributed by atoms with Gasteiger partial charge in [0.1, 0.15) is 6.10 Å². The number of aliphatic hydroxyl groups is 1. The van der Waals surface area contributed by atoms with Crippen LogP contribution in [0.1, 0.15) is 13.8 Å². The van der Waals surface area contributed by atoms with Crippen LogP contribution < -0.4 is 0 Å². The van der Waals surface area contributed by atoms with Gasteiger partial charge in [0.25, 0.3) is 0 Å². The second-order valence-electron chi connectivity index (χ2n) is 3.77. The average Bonchev–Trinajstić information content (AvgIpc) is 2.34. The lowest BCUT2D eigenvalue weighted by Gasteiger charge is -2.26. The van der Waals surface area contributed by atoms with Crippen molar-refractivity contribution in [1.82, 2.24) is 0 Å². The van der Waals surface area contributed by atoms with E-state index >= 15 is 0 Å². The lowest BCUT2D eigenvalue weighted by molar-refractivity contribution is -0.149. The Kier molecular flexibility index (Phi) is 7.98. The summed E-state index contributed by atoms with van der Waals surface area (Å²) < 4.78 is 14.6. The fourth-order valence-electron chi connectivity index (χ4n) is 1.42. The normalized spacial score (nSPS) is 16.1. The second-order valence-corrected chi connectivity index (χ2v) is 3.77. The average molecular weight is 260 g/mol. The lowest BCUT2D eigenvalue weighted by Crippen LogP contribution is -2.35. The summed E-state index contributed by atoms with van der Waals surface area (Å²) in [5.74, 6) is -1.32. The maximum atomic E-state index is 11.0. The Morgan fingerprint density at radius 1 is 1.33 bits per heavy atom. The van der Waals surface area contributed by atoms with Gasteiger partial charge < -0.3 is 19.3 Å². The van der Waals surface area contributed by atoms with Crippen molar-refractivity contribution in [3.63, 3.8) is 0 Å². The highest BCUT2D eigenvalue weighted by atomic mass is 16.5. The summed E-state index contributed by atoms with van der Waals surface area (Å²) in [6, 6.07) is 0. The van der Waals surface area contributed by atoms with Gasteiger partial charge in [-0.05, 0) is 6.08 Å². The van der Waals surface area contributed by atoms with Crippen LogP contribution in [0.15, 0.2) is 12.2 Å². The van der Waals surface area contributed by atoms with Gasteiger partial charge in [-0.25, -0.2) is 4.79 Å². The highest BCUT2D eigenvalue weighted by molar-refractivity contribution is 5.81. The quantitative estimate of drug-likeness (QED) is 0.523. The third kappa shape index (κ3) is 5.79. The van der Waals surface area contributed by atoms with Crippen molar-refractivity contribution in [3.05, 3.63) is 12.2 Å². The molecule has 104 valence electrons. The monoisotopic (exact) mass is 260 g/mol. The first-order valence-corrected chi connectivity index (χ1v) is 5.53. The van der Waals surface area contributed by atoms with Gasteiger partial charge in [-0.15, -0.1) is 0 Å². The molecule has 0 radical (unpaired) electrons. The molecule has 0 saturated carbocycles. The number of carbonyl (C=O) groups excluding carboxylic acids is 2. The van der Waals surface area contributed by atoms with Crippen molar-refractivity contribution in [2.45, 2.75) is 26.1 Å². The Balaban J connectivity index is 4.80. The van der Waals surface area contributed by atoms with Crippen LogP contribution in [0.25, 0.3) is 0 Å². The first-order chi connectivity index (χ1) is 8.46. The molecule has 0 fully saturated rings. The predicted molar refractivity (Wildman–Crippen MR) is 63.8 cm³/mol. The van der Waals surface area contributed by atoms with Gasteiger partial charge in [-0.2, -0.15) is 0 Å². The van der Waals surface area contributed by atoms with Crippen LogP contribution in [0.3, 0.4) is 0 Å². The third-order valence-electron chi connectivity index (χ3n) is 2.51. The molecule has 0 aromatic carbocycles. The molecule has 18 heavy (non-hydrogen) atoms. The van der Waals surface area contributed by atoms with E-state index in [0.29, 0.717) is 0 Å². The van der Waals surface area contributed by atoms with Crippen LogP contribution in [0.4, 0.5) is 0 Å². The van der Waals surface area contributed by atoms with Crippen molar-refractivity contribution >= 4 is 11.9 Å². The maximum Gasteiger partial charge on any atom is 0.330 e. The molecule has 0 aliphatic carbocycles. The Morgan fingerprint density at radius 2 is 1.94 bits per heavy atom. The highest BCUT2D eigenvalue weighted by Gasteiger charge is 2.26. The van der Waals surface area contributed by atoms with Gasteiger partial charge in [0.05, 0.1) is 19.8 Å². The molecule has 1 N–H and O–H groups in total. The number of rotatable bonds is 7. The molecule has 0 rings (SSSR count). The predicted octanol–water partition coefficient (Wildman–Crippen LogP) is 0.291. The molecule has 0 unspecified atom stereocenters. The molecule has 6 heteroatoms. The zero-order chi connectivity index (χ0) is 14.1. The van der Waals surface area contributed by atoms with E-state index in [4.69, 9.17) is 14.6 Å². The van der Waals surface area contributed by atoms with Gasteiger partial charge in [0.15, 0.2) is 0 Å². The molecule has 3 atom stereocenters. The molecule has 0 aromatic rings. The lowest BCUT2D eigenvalue weighted by atomic mass is 9.97. The maximum absolute atomic E-state index is 11.0. The summed E-state index contributed by atoms with van der Waals surface area (Å²) in [6.45, 7) is 2.81. The summed E-state index contributed by atoms with van der Waals surface area (Å²) in [5, 5.41) is 9.12. The molecular formula is C12H20O6. The van der Waals surface area contributed by atoms with E-state index in [9.17, 15) is 9.59 Å². The van der Waals surface area contributed by atoms with Crippen LogP contribution in [-0.4, -0.2) is 50.1 Å². The van der Waals surface area contributed by atoms with Crippen molar-refractivity contribution in [3.8, 4) is 0 Å². The van der Waals surface area contributed by atoms with Crippen molar-refractivity contribution in [2.24, 2.45) is 5.92 Å². The summed E-state index contributed by atoms with van der Waals surface area (Å²) >= 11 is 0. The standard InChI is InChI=1S/C12H20O6/c1-8(11(7-13)16-3)10(18-9(2)14)5-6-12(15)17-4/h5-6,8,10-11,13H,7H2,1-4H3/b6-5+/t8-,10+,11-/m0/s1. The Morgan fingerprint density at radius 3 is 2.33 bits per heavy atom. The summed E-state index contributed by atoms with van der Waals surface area (Å²) in [5.41, 5.74) is 0. The van der Waals surface area contributed by atoms with Crippen LogP contribution in [-0.2, 0) is 23.8 Å². The van der Waals surface area contributed by atoms with Crippen molar-refractivity contribution < 1.29 is 28.9 Å². The van der Waals surface area contributed by atoms with Crippen LogP contribution in [0.2, 0.25) is 0 Å². The fourth-order valence-corrected chi connectivity index (χ4v) is 1.42. The molecule has 0 bridgehead atoms. The van der Waals surface area contributed by atoms with E-state index in [1.165, 1.54) is 33.3 Å². The number of hydrogen-bond donors (Lipinski definition) is 1. The fraction of sp³-hybridized carbons (Fsp3) is 0.667. The van der Waals surface area contributed by atoms with Crippen molar-refractivity contribution in [1.29, 1.82) is 0 Å². The van der Waals surface area contributed by atoms with E-state index in [1.54, 1.807) is 6.92 Å². The molecule has 0 saturated heterocycles. The molecule has 0 aliphatic heterocycles. The van der Waals surface area contributed by atoms with E-state index in [1.807, 2.05) is 0 Å². The van der Waals surface area contributed by atoms with Gasteiger partial charge in [0, 0.05) is 26.0 Å². The first kappa shape index (κ1) is 16.6. The third-order valence-corrected chi connectivity index (χ3v) is 2.51. The first-order valence-electron chi connectivity index (χ1n) is 5.53. The van der Waals surface area contributed by atoms with Crippen LogP contribution >= 0.6 is 0 Å². The smallest absolute Gasteiger partial charge is 0.330 e. The number of esters is 2. The second kappa shape index (κ2) is 8.66. The Bertz CT molecular complexity index is 295. The highest BCUT2D eigenvalue weighted by Crippen LogP contribution is 2.16. The number of hydrogen-bond acceptors (Lipinski definition) is 6. The minimum Gasteiger partial charge on any atom is -0.466 e. The zero-order valence-corrected chi connectivity index (χ0v) is 11.1. The molecule has 0 aliphatic rings. The number of methoxy groups -OCH3 is 2. The molecule has 0 amide bonds. The van der Waals surface area contributed by atoms with Gasteiger partial charge >= 0.3 is 11.9 Å². The van der Waals surface area contributed by atoms with Gasteiger partial charge in [-0.3, -0.25) is 4.79 Å². The van der Waals surface area contributed by atoms with Crippen LogP contribution in [0.5, 0.6) is 0 Å². The van der Waals surface area contributed by atoms with Gasteiger partial charge in [-0.1, -0.05) is 6.92 Å². The minimum absolute atomic E-state index is 0.207. The van der Waals surface area contributed by atoms with E-state index < -0.39 is 24.1 Å². The molecule has 0 heterocycles. The van der Waals surface area contributed by atoms with E-state index in [2.05, 4.69) is 4.74 Å². The topological polar surface area (TPSA) is 82.1 Å². The molecule has 0 aromatic heterocycles. The Hall–Kier alpha value is -1.40. The molecule has 6 nitrogen and oxygen atoms in total. The molecular weight excluding hydrogens is 240 g/mol. The largest absolute Gasteiger partial charge is 0.466 e. The summed E-state index contributed by atoms with van der Waals surface area (Å²) in [4.78, 5) is 22.0. The molecule has 0 spiro atoms. The van der Waals surface area contributed by atoms with Gasteiger partial charge in [0.2, 0.25) is 0 Å². The number of carbonyl (C=O) groups is 2. The summed E-state index contributed by atoms with van der Waals surface area (Å²) in [6.07, 6.45) is 1.43.